The van der Waals surface area contributed by atoms with E-state index in [1.807, 2.05) is 26.0 Å². The lowest BCUT2D eigenvalue weighted by Crippen LogP contribution is -2.26. The molecule has 1 aliphatic heterocycles. The lowest BCUT2D eigenvalue weighted by Gasteiger charge is -2.25. The number of hydrogen-bond acceptors (Lipinski definition) is 8. The molecule has 0 aromatic heterocycles. The topological polar surface area (TPSA) is 132 Å². The largest absolute Gasteiger partial charge is 0.490 e. The van der Waals surface area contributed by atoms with Crippen LogP contribution in [0, 0.1) is 23.7 Å². The zero-order valence-electron chi connectivity index (χ0n) is 33.5. The second-order valence-electron chi connectivity index (χ2n) is 13.1. The molecule has 0 saturated heterocycles. The number of rotatable bonds is 14. The van der Waals surface area contributed by atoms with Crippen molar-refractivity contribution in [3.8, 4) is 0 Å². The maximum Gasteiger partial charge on any atom is 0.373 e. The maximum atomic E-state index is 13.1. The van der Waals surface area contributed by atoms with Crippen LogP contribution < -0.4 is 0 Å². The van der Waals surface area contributed by atoms with Crippen molar-refractivity contribution >= 4 is 29.6 Å². The van der Waals surface area contributed by atoms with Gasteiger partial charge in [-0.15, -0.1) is 0 Å². The lowest BCUT2D eigenvalue weighted by atomic mass is 9.87. The summed E-state index contributed by atoms with van der Waals surface area (Å²) in [6.45, 7) is 22.2. The SMILES string of the molecule is C=C/C=C/C(=O)O.CCC.CO.CO/C1=C\C(C)=C\C(C)C(O)[C@@H](C)C/C(C)=C/C=C/CC(C(C)CCCCCC(C)CP(C)OOP)OC1=O. The number of aliphatic carboxylic acids is 1. The average molecular weight is 759 g/mol. The Labute approximate surface area is 314 Å². The number of carboxylic acid groups (broad SMARTS) is 1. The van der Waals surface area contributed by atoms with Gasteiger partial charge in [-0.25, -0.2) is 18.9 Å². The summed E-state index contributed by atoms with van der Waals surface area (Å²) in [5.74, 6) is -0.308. The van der Waals surface area contributed by atoms with E-state index in [1.54, 1.807) is 6.08 Å². The Hall–Kier alpha value is -2.12. The van der Waals surface area contributed by atoms with E-state index in [-0.39, 0.29) is 29.6 Å². The molecule has 0 saturated carbocycles. The smallest absolute Gasteiger partial charge is 0.373 e. The highest BCUT2D eigenvalue weighted by Gasteiger charge is 2.24. The van der Waals surface area contributed by atoms with Gasteiger partial charge in [0.15, 0.2) is 0 Å². The predicted molar refractivity (Wildman–Crippen MR) is 217 cm³/mol. The van der Waals surface area contributed by atoms with E-state index in [1.165, 1.54) is 44.1 Å². The van der Waals surface area contributed by atoms with Crippen LogP contribution >= 0.6 is 17.6 Å². The molecule has 296 valence electrons. The molecule has 1 rings (SSSR count). The number of allylic oxidation sites excluding steroid dienone is 7. The summed E-state index contributed by atoms with van der Waals surface area (Å²) in [6, 6.07) is 0. The fraction of sp³-hybridized carbons (Fsp3) is 0.650. The van der Waals surface area contributed by atoms with Gasteiger partial charge in [0, 0.05) is 35.0 Å². The number of carbonyl (C=O) groups excluding carboxylic acids is 1. The molecule has 0 aliphatic carbocycles. The van der Waals surface area contributed by atoms with Crippen molar-refractivity contribution in [2.75, 3.05) is 27.0 Å². The zero-order chi connectivity index (χ0) is 39.8. The second-order valence-corrected chi connectivity index (χ2v) is 15.1. The highest BCUT2D eigenvalue weighted by atomic mass is 31.1. The van der Waals surface area contributed by atoms with Gasteiger partial charge in [-0.1, -0.05) is 128 Å². The van der Waals surface area contributed by atoms with Crippen LogP contribution in [-0.2, 0) is 28.4 Å². The molecule has 3 N–H and O–H groups in total. The number of aliphatic hydroxyl groups is 2. The number of cyclic esters (lactones) is 1. The summed E-state index contributed by atoms with van der Waals surface area (Å²) in [5.41, 5.74) is 2.09. The predicted octanol–water partition coefficient (Wildman–Crippen LogP) is 10.1. The second kappa shape index (κ2) is 34.9. The van der Waals surface area contributed by atoms with Gasteiger partial charge >= 0.3 is 11.9 Å². The molecule has 0 spiro atoms. The highest BCUT2D eigenvalue weighted by Crippen LogP contribution is 2.36. The first-order valence-electron chi connectivity index (χ1n) is 18.0. The third-order valence-electron chi connectivity index (χ3n) is 7.82. The molecule has 9 nitrogen and oxygen atoms in total. The Morgan fingerprint density at radius 2 is 1.76 bits per heavy atom. The van der Waals surface area contributed by atoms with Crippen molar-refractivity contribution in [1.29, 1.82) is 0 Å². The summed E-state index contributed by atoms with van der Waals surface area (Å²) in [5, 5.41) is 25.7. The van der Waals surface area contributed by atoms with E-state index >= 15 is 0 Å². The van der Waals surface area contributed by atoms with Crippen LogP contribution in [0.25, 0.3) is 0 Å². The Kier molecular flexibility index (Phi) is 36.5. The molecular formula is C40H72O9P2. The van der Waals surface area contributed by atoms with Crippen molar-refractivity contribution < 1.29 is 43.7 Å². The van der Waals surface area contributed by atoms with Crippen LogP contribution in [0.2, 0.25) is 0 Å². The van der Waals surface area contributed by atoms with Gasteiger partial charge in [0.05, 0.1) is 21.4 Å². The minimum absolute atomic E-state index is 0.0560. The van der Waals surface area contributed by atoms with Crippen LogP contribution in [0.1, 0.15) is 107 Å². The van der Waals surface area contributed by atoms with Crippen LogP contribution in [-0.4, -0.2) is 66.5 Å². The molecule has 8 atom stereocenters. The number of carboxylic acids is 1. The monoisotopic (exact) mass is 758 g/mol. The fourth-order valence-corrected chi connectivity index (χ4v) is 7.04. The molecule has 0 amide bonds. The van der Waals surface area contributed by atoms with Gasteiger partial charge in [0.1, 0.15) is 6.10 Å². The number of ether oxygens (including phenoxy) is 2. The Bertz CT molecular complexity index is 1070. The third-order valence-corrected chi connectivity index (χ3v) is 9.56. The van der Waals surface area contributed by atoms with E-state index in [4.69, 9.17) is 29.0 Å². The van der Waals surface area contributed by atoms with Gasteiger partial charge < -0.3 is 24.8 Å². The first-order valence-corrected chi connectivity index (χ1v) is 20.4. The summed E-state index contributed by atoms with van der Waals surface area (Å²) >= 11 is 0. The summed E-state index contributed by atoms with van der Waals surface area (Å²) < 4.78 is 21.4. The van der Waals surface area contributed by atoms with Crippen molar-refractivity contribution in [3.63, 3.8) is 0 Å². The normalized spacial score (nSPS) is 25.4. The van der Waals surface area contributed by atoms with E-state index < -0.39 is 26.2 Å². The highest BCUT2D eigenvalue weighted by molar-refractivity contribution is 7.51. The standard InChI is InChI=1S/C31H54O6P2.C5H6O2.C3H8.CH4O/c1-22-14-12-13-17-28(25(4)16-11-9-10-15-23(2)21-39(8)37-36-38)35-31(33)29(34-7)20-24(3)19-27(6)30(32)26(5)18-22;1-2-3-4-5(6)7;1-3-2;1-2/h12-14,19-20,23,25-28,30,32H,9-11,15-18,21,38H2,1-8H3;2-4H,1H2,(H,6,7);3H2,1-2H3;2H,1H3/b13-12+,22-14+,24-19+,29-20-;4-3+;;/t23?,25?,26-,27?,28?,30?,39?;;;/m0.../s1. The van der Waals surface area contributed by atoms with Crippen molar-refractivity contribution in [1.82, 2.24) is 0 Å². The molecule has 11 heteroatoms. The first kappa shape index (κ1) is 53.2. The van der Waals surface area contributed by atoms with Crippen LogP contribution in [0.3, 0.4) is 0 Å². The van der Waals surface area contributed by atoms with Crippen molar-refractivity contribution in [2.24, 2.45) is 23.7 Å². The molecule has 0 radical (unpaired) electrons. The number of carbonyl (C=O) groups is 2. The fourth-order valence-electron chi connectivity index (χ4n) is 5.33. The quantitative estimate of drug-likeness (QED) is 0.0301. The van der Waals surface area contributed by atoms with Crippen LogP contribution in [0.4, 0.5) is 0 Å². The van der Waals surface area contributed by atoms with Crippen molar-refractivity contribution in [2.45, 2.75) is 119 Å². The number of esters is 1. The van der Waals surface area contributed by atoms with E-state index in [0.717, 1.165) is 50.6 Å². The molecule has 0 bridgehead atoms. The van der Waals surface area contributed by atoms with Gasteiger partial charge in [-0.05, 0) is 63.3 Å². The number of hydrogen-bond donors (Lipinski definition) is 3. The summed E-state index contributed by atoms with van der Waals surface area (Å²) in [6.07, 6.45) is 22.4. The lowest BCUT2D eigenvalue weighted by molar-refractivity contribution is -0.150. The Morgan fingerprint density at radius 1 is 1.16 bits per heavy atom. The molecule has 0 aromatic carbocycles. The molecule has 1 heterocycles. The minimum Gasteiger partial charge on any atom is -0.490 e. The first-order chi connectivity index (χ1) is 24.2. The van der Waals surface area contributed by atoms with E-state index in [0.29, 0.717) is 12.3 Å². The summed E-state index contributed by atoms with van der Waals surface area (Å²) in [7, 11) is 4.10. The number of methoxy groups -OCH3 is 1. The molecule has 0 aromatic rings. The van der Waals surface area contributed by atoms with E-state index in [2.05, 4.69) is 76.4 Å². The molecule has 51 heavy (non-hydrogen) atoms. The Morgan fingerprint density at radius 3 is 2.29 bits per heavy atom. The zero-order valence-corrected chi connectivity index (χ0v) is 35.5. The molecular weight excluding hydrogens is 686 g/mol. The van der Waals surface area contributed by atoms with E-state index in [9.17, 15) is 14.7 Å². The maximum absolute atomic E-state index is 13.1. The van der Waals surface area contributed by atoms with Gasteiger partial charge in [0.25, 0.3) is 0 Å². The van der Waals surface area contributed by atoms with Crippen LogP contribution in [0.5, 0.6) is 0 Å². The molecule has 0 fully saturated rings. The minimum atomic E-state index is -0.945. The van der Waals surface area contributed by atoms with Gasteiger partial charge in [0.2, 0.25) is 5.76 Å². The van der Waals surface area contributed by atoms with Gasteiger partial charge in [-0.2, -0.15) is 0 Å². The molecule has 7 unspecified atom stereocenters. The summed E-state index contributed by atoms with van der Waals surface area (Å²) in [4.78, 5) is 22.7. The van der Waals surface area contributed by atoms with Crippen LogP contribution in [0.15, 0.2) is 72.1 Å². The third kappa shape index (κ3) is 30.1. The number of aliphatic hydroxyl groups excluding tert-OH is 2. The number of unbranched alkanes of at least 4 members (excludes halogenated alkanes) is 2. The van der Waals surface area contributed by atoms with Crippen molar-refractivity contribution in [3.05, 3.63) is 72.1 Å². The van der Waals surface area contributed by atoms with Gasteiger partial charge in [-0.3, -0.25) is 0 Å². The molecule has 1 aliphatic rings. The Balaban J connectivity index is -0.00000166. The average Bonchev–Trinajstić information content (AvgIpc) is 3.07.